The second-order valence-corrected chi connectivity index (χ2v) is 6.54. The van der Waals surface area contributed by atoms with Gasteiger partial charge in [-0.05, 0) is 44.0 Å². The predicted octanol–water partition coefficient (Wildman–Crippen LogP) is 3.85. The van der Waals surface area contributed by atoms with Gasteiger partial charge >= 0.3 is 0 Å². The molecule has 2 rings (SSSR count). The first-order valence-electron chi connectivity index (χ1n) is 9.59. The van der Waals surface area contributed by atoms with E-state index in [0.717, 1.165) is 23.8 Å². The molecule has 0 fully saturated rings. The molecule has 2 N–H and O–H groups in total. The van der Waals surface area contributed by atoms with Gasteiger partial charge in [-0.15, -0.1) is 24.0 Å². The zero-order valence-corrected chi connectivity index (χ0v) is 20.0. The minimum absolute atomic E-state index is 0. The summed E-state index contributed by atoms with van der Waals surface area (Å²) in [7, 11) is 3.54. The molecule has 0 heterocycles. The lowest BCUT2D eigenvalue weighted by Gasteiger charge is -2.22. The van der Waals surface area contributed by atoms with Crippen LogP contribution in [-0.2, 0) is 6.42 Å². The first-order chi connectivity index (χ1) is 13.5. The lowest BCUT2D eigenvalue weighted by Crippen LogP contribution is -2.41. The summed E-state index contributed by atoms with van der Waals surface area (Å²) in [4.78, 5) is 6.71. The van der Waals surface area contributed by atoms with E-state index in [1.54, 1.807) is 13.2 Å². The summed E-state index contributed by atoms with van der Waals surface area (Å²) in [6.45, 7) is 6.73. The Bertz CT molecular complexity index is 766. The van der Waals surface area contributed by atoms with Gasteiger partial charge in [0, 0.05) is 20.1 Å². The highest BCUT2D eigenvalue weighted by Gasteiger charge is 2.08. The number of hydrogen-bond donors (Lipinski definition) is 2. The number of aromatic hydroxyl groups is 1. The molecule has 0 unspecified atom stereocenters. The fourth-order valence-corrected chi connectivity index (χ4v) is 2.73. The number of methoxy groups -OCH3 is 1. The van der Waals surface area contributed by atoms with E-state index >= 15 is 0 Å². The van der Waals surface area contributed by atoms with Gasteiger partial charge in [0.2, 0.25) is 0 Å². The van der Waals surface area contributed by atoms with Crippen molar-refractivity contribution in [2.24, 2.45) is 4.99 Å². The summed E-state index contributed by atoms with van der Waals surface area (Å²) in [5.41, 5.74) is 2.04. The highest BCUT2D eigenvalue weighted by molar-refractivity contribution is 14.0. The number of guanidine groups is 1. The van der Waals surface area contributed by atoms with Gasteiger partial charge in [0.25, 0.3) is 0 Å². The molecule has 160 valence electrons. The molecule has 29 heavy (non-hydrogen) atoms. The van der Waals surface area contributed by atoms with E-state index < -0.39 is 0 Å². The average Bonchev–Trinajstić information content (AvgIpc) is 2.70. The van der Waals surface area contributed by atoms with Crippen LogP contribution in [0, 0.1) is 6.92 Å². The lowest BCUT2D eigenvalue weighted by atomic mass is 10.1. The number of ether oxygens (including phenoxy) is 2. The Morgan fingerprint density at radius 2 is 1.90 bits per heavy atom. The van der Waals surface area contributed by atoms with Crippen molar-refractivity contribution in [1.82, 2.24) is 10.2 Å². The fourth-order valence-electron chi connectivity index (χ4n) is 2.73. The summed E-state index contributed by atoms with van der Waals surface area (Å²) in [6, 6.07) is 13.5. The number of nitrogens with zero attached hydrogens (tertiary/aromatic N) is 2. The standard InChI is InChI=1S/C22H31N3O3.HI/c1-5-23-22(24-14-13-18-7-6-8-20(27-4)21(18)26)25(3)15-16-28-19-11-9-17(2)10-12-19;/h6-12,26H,5,13-16H2,1-4H3,(H,23,24);1H. The largest absolute Gasteiger partial charge is 0.504 e. The molecule has 0 amide bonds. The number of rotatable bonds is 9. The van der Waals surface area contributed by atoms with Crippen molar-refractivity contribution in [1.29, 1.82) is 0 Å². The van der Waals surface area contributed by atoms with Gasteiger partial charge in [0.1, 0.15) is 12.4 Å². The Labute approximate surface area is 191 Å². The molecule has 0 atom stereocenters. The molecule has 0 radical (unpaired) electrons. The van der Waals surface area contributed by atoms with E-state index in [2.05, 4.69) is 17.2 Å². The third-order valence-electron chi connectivity index (χ3n) is 4.36. The van der Waals surface area contributed by atoms with Crippen LogP contribution in [0.5, 0.6) is 17.2 Å². The number of nitrogens with one attached hydrogen (secondary N) is 1. The van der Waals surface area contributed by atoms with Crippen LogP contribution in [0.25, 0.3) is 0 Å². The maximum Gasteiger partial charge on any atom is 0.193 e. The summed E-state index contributed by atoms with van der Waals surface area (Å²) in [5.74, 6) is 2.36. The average molecular weight is 513 g/mol. The molecule has 0 saturated carbocycles. The van der Waals surface area contributed by atoms with Gasteiger partial charge < -0.3 is 24.8 Å². The van der Waals surface area contributed by atoms with Crippen LogP contribution in [0.3, 0.4) is 0 Å². The highest BCUT2D eigenvalue weighted by Crippen LogP contribution is 2.29. The summed E-state index contributed by atoms with van der Waals surface area (Å²) in [6.07, 6.45) is 0.631. The Kier molecular flexibility index (Phi) is 11.3. The molecule has 2 aromatic rings. The van der Waals surface area contributed by atoms with E-state index in [1.807, 2.05) is 55.3 Å². The van der Waals surface area contributed by atoms with Crippen LogP contribution in [0.2, 0.25) is 0 Å². The van der Waals surface area contributed by atoms with Crippen molar-refractivity contribution < 1.29 is 14.6 Å². The van der Waals surface area contributed by atoms with Crippen molar-refractivity contribution in [2.75, 3.05) is 40.4 Å². The number of aliphatic imine (C=N–C) groups is 1. The molecule has 2 aromatic carbocycles. The summed E-state index contributed by atoms with van der Waals surface area (Å²) < 4.78 is 11.0. The number of phenolic OH excluding ortho intramolecular Hbond substituents is 1. The van der Waals surface area contributed by atoms with Crippen LogP contribution in [-0.4, -0.2) is 56.4 Å². The quantitative estimate of drug-likeness (QED) is 0.303. The molecular weight excluding hydrogens is 481 g/mol. The second-order valence-electron chi connectivity index (χ2n) is 6.54. The maximum atomic E-state index is 10.2. The zero-order chi connectivity index (χ0) is 20.4. The Hall–Kier alpha value is -2.16. The first kappa shape index (κ1) is 24.9. The van der Waals surface area contributed by atoms with Gasteiger partial charge in [-0.1, -0.05) is 29.8 Å². The van der Waals surface area contributed by atoms with Crippen molar-refractivity contribution >= 4 is 29.9 Å². The number of benzene rings is 2. The van der Waals surface area contributed by atoms with E-state index in [4.69, 9.17) is 9.47 Å². The van der Waals surface area contributed by atoms with Gasteiger partial charge in [0.05, 0.1) is 13.7 Å². The number of aryl methyl sites for hydroxylation is 1. The van der Waals surface area contributed by atoms with Crippen LogP contribution >= 0.6 is 24.0 Å². The Morgan fingerprint density at radius 1 is 1.17 bits per heavy atom. The van der Waals surface area contributed by atoms with E-state index in [1.165, 1.54) is 5.56 Å². The molecule has 0 aliphatic carbocycles. The minimum atomic E-state index is 0. The predicted molar refractivity (Wildman–Crippen MR) is 129 cm³/mol. The molecule has 0 saturated heterocycles. The van der Waals surface area contributed by atoms with Gasteiger partial charge in [0.15, 0.2) is 17.5 Å². The minimum Gasteiger partial charge on any atom is -0.504 e. The number of hydrogen-bond acceptors (Lipinski definition) is 4. The molecule has 0 spiro atoms. The Morgan fingerprint density at radius 3 is 2.55 bits per heavy atom. The van der Waals surface area contributed by atoms with Crippen molar-refractivity contribution in [2.45, 2.75) is 20.3 Å². The van der Waals surface area contributed by atoms with E-state index in [0.29, 0.717) is 31.9 Å². The topological polar surface area (TPSA) is 66.3 Å². The van der Waals surface area contributed by atoms with Crippen molar-refractivity contribution in [3.05, 3.63) is 53.6 Å². The van der Waals surface area contributed by atoms with Gasteiger partial charge in [-0.3, -0.25) is 4.99 Å². The Balaban J connectivity index is 0.00000420. The third-order valence-corrected chi connectivity index (χ3v) is 4.36. The van der Waals surface area contributed by atoms with Crippen LogP contribution in [0.1, 0.15) is 18.1 Å². The van der Waals surface area contributed by atoms with Gasteiger partial charge in [-0.2, -0.15) is 0 Å². The SMILES string of the molecule is CCNC(=NCCc1cccc(OC)c1O)N(C)CCOc1ccc(C)cc1.I. The molecule has 6 nitrogen and oxygen atoms in total. The smallest absolute Gasteiger partial charge is 0.193 e. The number of para-hydroxylation sites is 1. The van der Waals surface area contributed by atoms with Crippen LogP contribution < -0.4 is 14.8 Å². The first-order valence-corrected chi connectivity index (χ1v) is 9.59. The number of phenols is 1. The zero-order valence-electron chi connectivity index (χ0n) is 17.6. The molecule has 0 bridgehead atoms. The number of halogens is 1. The molecule has 0 aliphatic heterocycles. The van der Waals surface area contributed by atoms with Crippen LogP contribution in [0.4, 0.5) is 0 Å². The van der Waals surface area contributed by atoms with Crippen molar-refractivity contribution in [3.8, 4) is 17.2 Å². The molecule has 0 aromatic heterocycles. The molecular formula is C22H32IN3O3. The molecule has 7 heteroatoms. The second kappa shape index (κ2) is 13.1. The maximum absolute atomic E-state index is 10.2. The van der Waals surface area contributed by atoms with Gasteiger partial charge in [-0.25, -0.2) is 0 Å². The van der Waals surface area contributed by atoms with E-state index in [-0.39, 0.29) is 29.7 Å². The highest BCUT2D eigenvalue weighted by atomic mass is 127. The number of likely N-dealkylation sites (N-methyl/N-ethyl adjacent to an activating group) is 1. The molecule has 0 aliphatic rings. The van der Waals surface area contributed by atoms with Crippen molar-refractivity contribution in [3.63, 3.8) is 0 Å². The van der Waals surface area contributed by atoms with Crippen LogP contribution in [0.15, 0.2) is 47.5 Å². The summed E-state index contributed by atoms with van der Waals surface area (Å²) >= 11 is 0. The third kappa shape index (κ3) is 8.00. The lowest BCUT2D eigenvalue weighted by molar-refractivity contribution is 0.281. The monoisotopic (exact) mass is 513 g/mol. The summed E-state index contributed by atoms with van der Waals surface area (Å²) in [5, 5.41) is 13.5. The fraction of sp³-hybridized carbons (Fsp3) is 0.409. The van der Waals surface area contributed by atoms with E-state index in [9.17, 15) is 5.11 Å². The normalized spacial score (nSPS) is 10.8.